The molecule has 1 rings (SSSR count). The average molecular weight is 291 g/mol. The maximum absolute atomic E-state index is 11.4. The molecule has 0 aliphatic heterocycles. The Labute approximate surface area is 116 Å². The molecule has 0 fully saturated rings. The van der Waals surface area contributed by atoms with E-state index in [9.17, 15) is 4.79 Å². The Morgan fingerprint density at radius 1 is 1.33 bits per heavy atom. The second kappa shape index (κ2) is 7.28. The minimum atomic E-state index is -0.101. The van der Waals surface area contributed by atoms with Crippen molar-refractivity contribution in [3.63, 3.8) is 0 Å². The first-order chi connectivity index (χ1) is 8.58. The van der Waals surface area contributed by atoms with Crippen LogP contribution in [0.1, 0.15) is 13.3 Å². The summed E-state index contributed by atoms with van der Waals surface area (Å²) in [5.74, 6) is 0.838. The Kier molecular flexibility index (Phi) is 6.01. The molecule has 0 saturated carbocycles. The quantitative estimate of drug-likeness (QED) is 0.753. The van der Waals surface area contributed by atoms with E-state index in [4.69, 9.17) is 23.2 Å². The van der Waals surface area contributed by atoms with Crippen LogP contribution < -0.4 is 16.0 Å². The maximum Gasteiger partial charge on any atom is 0.239 e. The number of hydrogen-bond donors (Lipinski definition) is 3. The molecule has 0 radical (unpaired) electrons. The summed E-state index contributed by atoms with van der Waals surface area (Å²) in [5, 5.41) is 9.27. The summed E-state index contributed by atoms with van der Waals surface area (Å²) < 4.78 is 0. The molecular weight excluding hydrogens is 275 g/mol. The molecule has 5 nitrogen and oxygen atoms in total. The molecule has 3 N–H and O–H groups in total. The minimum absolute atomic E-state index is 0.101. The van der Waals surface area contributed by atoms with Crippen LogP contribution in [0.5, 0.6) is 0 Å². The smallest absolute Gasteiger partial charge is 0.239 e. The van der Waals surface area contributed by atoms with Gasteiger partial charge in [-0.1, -0.05) is 30.1 Å². The number of carbonyl (C=O) groups is 1. The van der Waals surface area contributed by atoms with Crippen molar-refractivity contribution < 1.29 is 4.79 Å². The van der Waals surface area contributed by atoms with Crippen molar-refractivity contribution in [3.05, 3.63) is 16.1 Å². The number of amides is 1. The summed E-state index contributed by atoms with van der Waals surface area (Å²) in [6.45, 7) is 2.77. The van der Waals surface area contributed by atoms with Crippen molar-refractivity contribution >= 4 is 40.7 Å². The summed E-state index contributed by atoms with van der Waals surface area (Å²) in [5.41, 5.74) is 0. The molecule has 0 saturated heterocycles. The van der Waals surface area contributed by atoms with Gasteiger partial charge < -0.3 is 16.0 Å². The van der Waals surface area contributed by atoms with Gasteiger partial charge in [-0.3, -0.25) is 4.79 Å². The third-order valence-electron chi connectivity index (χ3n) is 2.15. The first-order valence-electron chi connectivity index (χ1n) is 5.62. The van der Waals surface area contributed by atoms with Crippen LogP contribution in [0.3, 0.4) is 0 Å². The van der Waals surface area contributed by atoms with Gasteiger partial charge in [0.1, 0.15) is 11.6 Å². The number of nitrogens with one attached hydrogen (secondary N) is 3. The Morgan fingerprint density at radius 2 is 2.00 bits per heavy atom. The zero-order valence-corrected chi connectivity index (χ0v) is 11.8. The van der Waals surface area contributed by atoms with Crippen LogP contribution in [-0.2, 0) is 4.79 Å². The fraction of sp³-hybridized carbons (Fsp3) is 0.455. The summed E-state index contributed by atoms with van der Waals surface area (Å²) >= 11 is 11.9. The molecule has 1 heterocycles. The second-order valence-corrected chi connectivity index (χ2v) is 4.42. The molecule has 1 aromatic heterocycles. The largest absolute Gasteiger partial charge is 0.372 e. The van der Waals surface area contributed by atoms with E-state index in [2.05, 4.69) is 20.9 Å². The number of hydrogen-bond acceptors (Lipinski definition) is 4. The van der Waals surface area contributed by atoms with Gasteiger partial charge in [0.2, 0.25) is 5.91 Å². The molecule has 0 aromatic carbocycles. The van der Waals surface area contributed by atoms with Crippen LogP contribution in [0.15, 0.2) is 6.07 Å². The van der Waals surface area contributed by atoms with Crippen LogP contribution in [0.2, 0.25) is 10.0 Å². The summed E-state index contributed by atoms with van der Waals surface area (Å²) in [4.78, 5) is 15.6. The molecule has 18 heavy (non-hydrogen) atoms. The van der Waals surface area contributed by atoms with Crippen molar-refractivity contribution in [2.75, 3.05) is 30.8 Å². The van der Waals surface area contributed by atoms with Crippen LogP contribution in [0, 0.1) is 0 Å². The highest BCUT2D eigenvalue weighted by molar-refractivity contribution is 6.37. The first-order valence-corrected chi connectivity index (χ1v) is 6.38. The summed E-state index contributed by atoms with van der Waals surface area (Å²) in [7, 11) is 1.71. The lowest BCUT2D eigenvalue weighted by molar-refractivity contribution is -0.119. The van der Waals surface area contributed by atoms with Gasteiger partial charge in [0.15, 0.2) is 0 Å². The number of halogens is 2. The van der Waals surface area contributed by atoms with Crippen molar-refractivity contribution in [3.8, 4) is 0 Å². The van der Waals surface area contributed by atoms with Crippen LogP contribution in [-0.4, -0.2) is 31.0 Å². The van der Waals surface area contributed by atoms with Gasteiger partial charge in [0.05, 0.1) is 16.6 Å². The first kappa shape index (κ1) is 14.9. The molecule has 0 aliphatic rings. The zero-order chi connectivity index (χ0) is 13.5. The van der Waals surface area contributed by atoms with E-state index in [1.54, 1.807) is 13.1 Å². The highest BCUT2D eigenvalue weighted by atomic mass is 35.5. The Balaban J connectivity index is 2.64. The number of aromatic nitrogens is 1. The Hall–Kier alpha value is -1.20. The molecule has 100 valence electrons. The molecule has 0 bridgehead atoms. The standard InChI is InChI=1S/C11H16Cl2N4O/c1-3-4-15-9(18)6-16-11-8(13)5-7(12)10(14-2)17-11/h5H,3-4,6H2,1-2H3,(H,15,18)(H2,14,16,17). The highest BCUT2D eigenvalue weighted by Crippen LogP contribution is 2.28. The van der Waals surface area contributed by atoms with Crippen LogP contribution in [0.4, 0.5) is 11.6 Å². The monoisotopic (exact) mass is 290 g/mol. The van der Waals surface area contributed by atoms with E-state index in [1.807, 2.05) is 6.92 Å². The molecule has 0 spiro atoms. The molecule has 0 aliphatic carbocycles. The van der Waals surface area contributed by atoms with Gasteiger partial charge in [0.25, 0.3) is 0 Å². The highest BCUT2D eigenvalue weighted by Gasteiger charge is 2.09. The maximum atomic E-state index is 11.4. The molecular formula is C11H16Cl2N4O. The van der Waals surface area contributed by atoms with Crippen molar-refractivity contribution in [2.24, 2.45) is 0 Å². The lowest BCUT2D eigenvalue weighted by atomic mass is 10.4. The third kappa shape index (κ3) is 4.23. The fourth-order valence-corrected chi connectivity index (χ4v) is 1.78. The van der Waals surface area contributed by atoms with Crippen molar-refractivity contribution in [1.29, 1.82) is 0 Å². The van der Waals surface area contributed by atoms with Crippen molar-refractivity contribution in [2.45, 2.75) is 13.3 Å². The third-order valence-corrected chi connectivity index (χ3v) is 2.73. The van der Waals surface area contributed by atoms with Crippen LogP contribution in [0.25, 0.3) is 0 Å². The molecule has 0 unspecified atom stereocenters. The van der Waals surface area contributed by atoms with Gasteiger partial charge in [0, 0.05) is 13.6 Å². The van der Waals surface area contributed by atoms with Gasteiger partial charge in [-0.05, 0) is 12.5 Å². The van der Waals surface area contributed by atoms with Gasteiger partial charge in [-0.2, -0.15) is 0 Å². The number of pyridine rings is 1. The SMILES string of the molecule is CCCNC(=O)CNc1nc(NC)c(Cl)cc1Cl. The second-order valence-electron chi connectivity index (χ2n) is 3.60. The van der Waals surface area contributed by atoms with E-state index in [0.29, 0.717) is 28.2 Å². The lowest BCUT2D eigenvalue weighted by Gasteiger charge is -2.10. The number of rotatable bonds is 6. The Morgan fingerprint density at radius 3 is 2.61 bits per heavy atom. The lowest BCUT2D eigenvalue weighted by Crippen LogP contribution is -2.30. The van der Waals surface area contributed by atoms with Gasteiger partial charge >= 0.3 is 0 Å². The predicted molar refractivity (Wildman–Crippen MR) is 75.6 cm³/mol. The molecule has 0 atom stereocenters. The van der Waals surface area contributed by atoms with E-state index < -0.39 is 0 Å². The van der Waals surface area contributed by atoms with Crippen molar-refractivity contribution in [1.82, 2.24) is 10.3 Å². The minimum Gasteiger partial charge on any atom is -0.372 e. The number of anilines is 2. The Bertz CT molecular complexity index is 426. The zero-order valence-electron chi connectivity index (χ0n) is 10.3. The molecule has 1 amide bonds. The van der Waals surface area contributed by atoms with E-state index in [-0.39, 0.29) is 12.5 Å². The van der Waals surface area contributed by atoms with Gasteiger partial charge in [-0.15, -0.1) is 0 Å². The average Bonchev–Trinajstić information content (AvgIpc) is 2.35. The fourth-order valence-electron chi connectivity index (χ4n) is 1.26. The summed E-state index contributed by atoms with van der Waals surface area (Å²) in [6.07, 6.45) is 0.898. The van der Waals surface area contributed by atoms with Gasteiger partial charge in [-0.25, -0.2) is 4.98 Å². The molecule has 1 aromatic rings. The predicted octanol–water partition coefficient (Wildman–Crippen LogP) is 2.37. The molecule has 7 heteroatoms. The van der Waals surface area contributed by atoms with E-state index in [1.165, 1.54) is 0 Å². The van der Waals surface area contributed by atoms with E-state index in [0.717, 1.165) is 6.42 Å². The summed E-state index contributed by atoms with van der Waals surface area (Å²) in [6, 6.07) is 1.58. The number of carbonyl (C=O) groups excluding carboxylic acids is 1. The van der Waals surface area contributed by atoms with E-state index >= 15 is 0 Å². The number of nitrogens with zero attached hydrogens (tertiary/aromatic N) is 1. The van der Waals surface area contributed by atoms with Crippen LogP contribution >= 0.6 is 23.2 Å². The topological polar surface area (TPSA) is 66.0 Å². The normalized spacial score (nSPS) is 10.0.